The molecule has 1 saturated carbocycles. The van der Waals surface area contributed by atoms with Gasteiger partial charge in [0.1, 0.15) is 12.4 Å². The van der Waals surface area contributed by atoms with Crippen molar-refractivity contribution in [1.29, 1.82) is 0 Å². The largest absolute Gasteiger partial charge is 0.480 e. The van der Waals surface area contributed by atoms with E-state index >= 15 is 0 Å². The van der Waals surface area contributed by atoms with Crippen molar-refractivity contribution in [2.75, 3.05) is 11.9 Å². The molecule has 1 saturated heterocycles. The van der Waals surface area contributed by atoms with Gasteiger partial charge in [0.15, 0.2) is 0 Å². The maximum absolute atomic E-state index is 12.7. The number of carboxylic acid groups (broad SMARTS) is 1. The van der Waals surface area contributed by atoms with Crippen molar-refractivity contribution < 1.29 is 24.3 Å². The van der Waals surface area contributed by atoms with Crippen LogP contribution < -0.4 is 5.32 Å². The van der Waals surface area contributed by atoms with Gasteiger partial charge in [-0.2, -0.15) is 0 Å². The molecule has 5 rings (SSSR count). The van der Waals surface area contributed by atoms with Crippen LogP contribution in [0.15, 0.2) is 30.4 Å². The first-order chi connectivity index (χ1) is 13.3. The molecule has 1 aromatic rings. The van der Waals surface area contributed by atoms with Gasteiger partial charge < -0.3 is 10.4 Å². The zero-order valence-electron chi connectivity index (χ0n) is 15.4. The van der Waals surface area contributed by atoms with Gasteiger partial charge in [-0.25, -0.2) is 4.98 Å². The number of hydrogen-bond acceptors (Lipinski definition) is 5. The Balaban J connectivity index is 1.48. The molecule has 1 aliphatic heterocycles. The maximum Gasteiger partial charge on any atom is 0.323 e. The van der Waals surface area contributed by atoms with Crippen LogP contribution in [0.25, 0.3) is 0 Å². The molecule has 8 heteroatoms. The summed E-state index contributed by atoms with van der Waals surface area (Å²) in [6.45, 7) is 1.24. The fourth-order valence-corrected chi connectivity index (χ4v) is 4.88. The summed E-state index contributed by atoms with van der Waals surface area (Å²) in [7, 11) is 0. The van der Waals surface area contributed by atoms with Crippen molar-refractivity contribution in [3.8, 4) is 0 Å². The van der Waals surface area contributed by atoms with Crippen molar-refractivity contribution in [3.05, 3.63) is 36.0 Å². The van der Waals surface area contributed by atoms with Crippen molar-refractivity contribution in [2.45, 2.75) is 19.8 Å². The van der Waals surface area contributed by atoms with E-state index in [1.165, 1.54) is 0 Å². The van der Waals surface area contributed by atoms with E-state index in [1.54, 1.807) is 6.07 Å². The van der Waals surface area contributed by atoms with Gasteiger partial charge in [-0.05, 0) is 43.2 Å². The molecule has 8 nitrogen and oxygen atoms in total. The van der Waals surface area contributed by atoms with E-state index in [-0.39, 0.29) is 30.1 Å². The van der Waals surface area contributed by atoms with Crippen LogP contribution in [0.1, 0.15) is 18.5 Å². The lowest BCUT2D eigenvalue weighted by Crippen LogP contribution is -2.44. The third-order valence-corrected chi connectivity index (χ3v) is 5.96. The molecule has 2 bridgehead atoms. The SMILES string of the molecule is Cc1cccc(NC(=O)C[C@@H]2C[C@@H]3C=C[C@H]2[C@H]2C(=O)N(CC(=O)O)C(=O)[C@H]23)n1. The highest BCUT2D eigenvalue weighted by Gasteiger charge is 2.59. The second kappa shape index (κ2) is 6.85. The van der Waals surface area contributed by atoms with E-state index in [0.29, 0.717) is 12.2 Å². The van der Waals surface area contributed by atoms with E-state index in [0.717, 1.165) is 10.6 Å². The van der Waals surface area contributed by atoms with Gasteiger partial charge in [-0.3, -0.25) is 24.1 Å². The first-order valence-electron chi connectivity index (χ1n) is 9.34. The quantitative estimate of drug-likeness (QED) is 0.583. The Morgan fingerprint density at radius 1 is 1.21 bits per heavy atom. The molecule has 2 N–H and O–H groups in total. The van der Waals surface area contributed by atoms with Crippen molar-refractivity contribution in [1.82, 2.24) is 9.88 Å². The third-order valence-electron chi connectivity index (χ3n) is 5.96. The fourth-order valence-electron chi connectivity index (χ4n) is 4.88. The van der Waals surface area contributed by atoms with Crippen molar-refractivity contribution >= 4 is 29.5 Å². The summed E-state index contributed by atoms with van der Waals surface area (Å²) >= 11 is 0. The number of likely N-dealkylation sites (tertiary alicyclic amines) is 1. The van der Waals surface area contributed by atoms with Crippen LogP contribution in [0.2, 0.25) is 0 Å². The minimum atomic E-state index is -1.21. The number of rotatable bonds is 5. The molecule has 2 fully saturated rings. The zero-order valence-corrected chi connectivity index (χ0v) is 15.4. The Labute approximate surface area is 161 Å². The second-order valence-electron chi connectivity index (χ2n) is 7.75. The van der Waals surface area contributed by atoms with E-state index in [2.05, 4.69) is 10.3 Å². The highest BCUT2D eigenvalue weighted by molar-refractivity contribution is 6.07. The number of carbonyl (C=O) groups is 4. The maximum atomic E-state index is 12.7. The van der Waals surface area contributed by atoms with Crippen LogP contribution in [0, 0.1) is 36.5 Å². The minimum absolute atomic E-state index is 0.0670. The normalized spacial score (nSPS) is 30.5. The fraction of sp³-hybridized carbons (Fsp3) is 0.450. The van der Waals surface area contributed by atoms with Crippen molar-refractivity contribution in [3.63, 3.8) is 0 Å². The smallest absolute Gasteiger partial charge is 0.323 e. The molecule has 0 aromatic carbocycles. The Morgan fingerprint density at radius 3 is 2.68 bits per heavy atom. The zero-order chi connectivity index (χ0) is 20.0. The number of hydrogen-bond donors (Lipinski definition) is 2. The lowest BCUT2D eigenvalue weighted by Gasteiger charge is -2.43. The number of amides is 3. The van der Waals surface area contributed by atoms with Gasteiger partial charge in [0, 0.05) is 12.1 Å². The van der Waals surface area contributed by atoms with E-state index in [1.807, 2.05) is 31.2 Å². The van der Waals surface area contributed by atoms with Gasteiger partial charge in [-0.15, -0.1) is 0 Å². The summed E-state index contributed by atoms with van der Waals surface area (Å²) in [6, 6.07) is 5.37. The summed E-state index contributed by atoms with van der Waals surface area (Å²) in [5, 5.41) is 11.8. The third kappa shape index (κ3) is 3.08. The molecule has 3 amide bonds. The minimum Gasteiger partial charge on any atom is -0.480 e. The van der Waals surface area contributed by atoms with Crippen LogP contribution >= 0.6 is 0 Å². The highest BCUT2D eigenvalue weighted by Crippen LogP contribution is 2.53. The number of nitrogens with zero attached hydrogens (tertiary/aromatic N) is 2. The van der Waals surface area contributed by atoms with E-state index < -0.39 is 36.2 Å². The molecule has 3 aliphatic carbocycles. The van der Waals surface area contributed by atoms with Crippen LogP contribution in [-0.2, 0) is 19.2 Å². The molecule has 2 heterocycles. The number of aromatic nitrogens is 1. The Morgan fingerprint density at radius 2 is 1.96 bits per heavy atom. The number of carboxylic acids is 1. The molecule has 146 valence electrons. The summed E-state index contributed by atoms with van der Waals surface area (Å²) in [4.78, 5) is 54.0. The summed E-state index contributed by atoms with van der Waals surface area (Å²) in [5.41, 5.74) is 0.800. The first-order valence-corrected chi connectivity index (χ1v) is 9.34. The van der Waals surface area contributed by atoms with E-state index in [9.17, 15) is 19.2 Å². The Hall–Kier alpha value is -3.03. The predicted octanol–water partition coefficient (Wildman–Crippen LogP) is 1.23. The molecular formula is C20H21N3O5. The molecule has 0 radical (unpaired) electrons. The predicted molar refractivity (Wildman–Crippen MR) is 97.8 cm³/mol. The topological polar surface area (TPSA) is 117 Å². The standard InChI is InChI=1S/C20H21N3O5/c1-10-3-2-4-14(21-10)22-15(24)8-12-7-11-5-6-13(12)18-17(11)19(27)23(20(18)28)9-16(25)26/h2-6,11-13,17-18H,7-9H2,1H3,(H,25,26)(H,21,22,24)/t11-,12-,13+,17-,18+/m0/s1. The van der Waals surface area contributed by atoms with Gasteiger partial charge in [0.2, 0.25) is 17.7 Å². The Bertz CT molecular complexity index is 896. The van der Waals surface area contributed by atoms with E-state index in [4.69, 9.17) is 5.11 Å². The summed E-state index contributed by atoms with van der Waals surface area (Å²) < 4.78 is 0. The molecule has 0 unspecified atom stereocenters. The lowest BCUT2D eigenvalue weighted by molar-refractivity contribution is -0.149. The van der Waals surface area contributed by atoms with Gasteiger partial charge >= 0.3 is 5.97 Å². The van der Waals surface area contributed by atoms with Crippen molar-refractivity contribution in [2.24, 2.45) is 29.6 Å². The average Bonchev–Trinajstić information content (AvgIpc) is 2.88. The van der Waals surface area contributed by atoms with Gasteiger partial charge in [-0.1, -0.05) is 18.2 Å². The highest BCUT2D eigenvalue weighted by atomic mass is 16.4. The molecule has 1 aromatic heterocycles. The van der Waals surface area contributed by atoms with Crippen LogP contribution in [0.5, 0.6) is 0 Å². The number of nitrogens with one attached hydrogen (secondary N) is 1. The number of aryl methyl sites for hydroxylation is 1. The molecule has 0 spiro atoms. The number of aliphatic carboxylic acids is 1. The van der Waals surface area contributed by atoms with Gasteiger partial charge in [0.25, 0.3) is 0 Å². The number of imide groups is 1. The average molecular weight is 383 g/mol. The lowest BCUT2D eigenvalue weighted by atomic mass is 9.58. The number of fused-ring (bicyclic) bond motifs is 1. The first kappa shape index (κ1) is 18.3. The number of anilines is 1. The number of allylic oxidation sites excluding steroid dienone is 2. The molecule has 5 atom stereocenters. The molecular weight excluding hydrogens is 362 g/mol. The monoisotopic (exact) mass is 383 g/mol. The molecule has 28 heavy (non-hydrogen) atoms. The van der Waals surface area contributed by atoms with Crippen LogP contribution in [-0.4, -0.2) is 45.2 Å². The Kier molecular flexibility index (Phi) is 4.49. The van der Waals surface area contributed by atoms with Crippen LogP contribution in [0.3, 0.4) is 0 Å². The summed E-state index contributed by atoms with van der Waals surface area (Å²) in [5.74, 6) is -3.23. The van der Waals surface area contributed by atoms with Crippen LogP contribution in [0.4, 0.5) is 5.82 Å². The summed E-state index contributed by atoms with van der Waals surface area (Å²) in [6.07, 6.45) is 4.73. The number of pyridine rings is 1. The second-order valence-corrected chi connectivity index (χ2v) is 7.75. The number of carbonyl (C=O) groups excluding carboxylic acids is 3. The van der Waals surface area contributed by atoms with Gasteiger partial charge in [0.05, 0.1) is 11.8 Å². The molecule has 4 aliphatic rings.